The third kappa shape index (κ3) is 4.51. The Morgan fingerprint density at radius 3 is 2.69 bits per heavy atom. The van der Waals surface area contributed by atoms with Crippen LogP contribution in [0.5, 0.6) is 0 Å². The molecule has 4 heterocycles. The SMILES string of the molecule is NC(=O)CN1CCC(c2ccc(Nc3ncc4ccc(C5=CCNCC5)n4n3)cc2)CC1. The van der Waals surface area contributed by atoms with Gasteiger partial charge >= 0.3 is 0 Å². The van der Waals surface area contributed by atoms with Crippen LogP contribution in [-0.2, 0) is 4.79 Å². The molecule has 166 valence electrons. The number of rotatable bonds is 6. The number of primary amides is 1. The summed E-state index contributed by atoms with van der Waals surface area (Å²) in [6.45, 7) is 4.07. The first-order chi connectivity index (χ1) is 15.7. The Morgan fingerprint density at radius 1 is 1.16 bits per heavy atom. The number of likely N-dealkylation sites (tertiary alicyclic amines) is 1. The summed E-state index contributed by atoms with van der Waals surface area (Å²) in [5.74, 6) is 0.845. The Morgan fingerprint density at radius 2 is 1.97 bits per heavy atom. The van der Waals surface area contributed by atoms with Crippen LogP contribution in [-0.4, -0.2) is 58.1 Å². The van der Waals surface area contributed by atoms with Gasteiger partial charge in [-0.15, -0.1) is 5.10 Å². The van der Waals surface area contributed by atoms with E-state index in [9.17, 15) is 4.79 Å². The van der Waals surface area contributed by atoms with Crippen LogP contribution in [0.4, 0.5) is 11.6 Å². The summed E-state index contributed by atoms with van der Waals surface area (Å²) in [4.78, 5) is 17.7. The zero-order valence-corrected chi connectivity index (χ0v) is 18.1. The van der Waals surface area contributed by atoms with Gasteiger partial charge in [0, 0.05) is 12.2 Å². The Labute approximate surface area is 187 Å². The first kappa shape index (κ1) is 20.7. The lowest BCUT2D eigenvalue weighted by molar-refractivity contribution is -0.119. The summed E-state index contributed by atoms with van der Waals surface area (Å²) in [6.07, 6.45) is 7.18. The molecule has 8 nitrogen and oxygen atoms in total. The number of amides is 1. The number of anilines is 2. The highest BCUT2D eigenvalue weighted by Crippen LogP contribution is 2.29. The summed E-state index contributed by atoms with van der Waals surface area (Å²) in [7, 11) is 0. The standard InChI is InChI=1S/C24H29N7O/c25-23(32)16-30-13-9-18(10-14-30)17-1-3-20(4-2-17)28-24-27-15-21-5-6-22(31(21)29-24)19-7-11-26-12-8-19/h1-7,15,18,26H,8-14,16H2,(H2,25,32)(H,28,29). The summed E-state index contributed by atoms with van der Waals surface area (Å²) < 4.78 is 1.97. The monoisotopic (exact) mass is 431 g/mol. The van der Waals surface area contributed by atoms with Gasteiger partial charge in [0.15, 0.2) is 0 Å². The molecule has 0 radical (unpaired) electrons. The molecule has 0 bridgehead atoms. The third-order valence-corrected chi connectivity index (χ3v) is 6.40. The lowest BCUT2D eigenvalue weighted by Gasteiger charge is -2.31. The fraction of sp³-hybridized carbons (Fsp3) is 0.375. The smallest absolute Gasteiger partial charge is 0.245 e. The normalized spacial score (nSPS) is 17.9. The molecule has 0 unspecified atom stereocenters. The van der Waals surface area contributed by atoms with Gasteiger partial charge in [0.1, 0.15) is 0 Å². The number of fused-ring (bicyclic) bond motifs is 1. The van der Waals surface area contributed by atoms with E-state index >= 15 is 0 Å². The predicted octanol–water partition coefficient (Wildman–Crippen LogP) is 2.51. The summed E-state index contributed by atoms with van der Waals surface area (Å²) in [5.41, 5.74) is 11.0. The first-order valence-electron chi connectivity index (χ1n) is 11.3. The number of hydrogen-bond acceptors (Lipinski definition) is 6. The number of carbonyl (C=O) groups is 1. The van der Waals surface area contributed by atoms with Gasteiger partial charge in [0.05, 0.1) is 24.0 Å². The molecule has 4 N–H and O–H groups in total. The Balaban J connectivity index is 1.26. The molecule has 1 saturated heterocycles. The van der Waals surface area contributed by atoms with Crippen molar-refractivity contribution in [1.29, 1.82) is 0 Å². The number of carbonyl (C=O) groups excluding carboxylic acids is 1. The fourth-order valence-electron chi connectivity index (χ4n) is 4.67. The largest absolute Gasteiger partial charge is 0.369 e. The van der Waals surface area contributed by atoms with Gasteiger partial charge in [-0.25, -0.2) is 9.50 Å². The molecule has 2 aromatic heterocycles. The highest BCUT2D eigenvalue weighted by atomic mass is 16.1. The van der Waals surface area contributed by atoms with Crippen molar-refractivity contribution < 1.29 is 4.79 Å². The maximum Gasteiger partial charge on any atom is 0.245 e. The molecule has 32 heavy (non-hydrogen) atoms. The first-order valence-corrected chi connectivity index (χ1v) is 11.3. The van der Waals surface area contributed by atoms with Crippen LogP contribution in [0.15, 0.2) is 48.7 Å². The van der Waals surface area contributed by atoms with E-state index in [4.69, 9.17) is 10.8 Å². The molecule has 8 heteroatoms. The molecule has 0 aliphatic carbocycles. The zero-order chi connectivity index (χ0) is 21.9. The highest BCUT2D eigenvalue weighted by molar-refractivity contribution is 5.76. The minimum atomic E-state index is -0.251. The predicted molar refractivity (Wildman–Crippen MR) is 126 cm³/mol. The topological polar surface area (TPSA) is 101 Å². The van der Waals surface area contributed by atoms with E-state index < -0.39 is 0 Å². The second-order valence-corrected chi connectivity index (χ2v) is 8.58. The number of nitrogens with zero attached hydrogens (tertiary/aromatic N) is 4. The maximum absolute atomic E-state index is 11.1. The number of nitrogens with one attached hydrogen (secondary N) is 2. The number of nitrogens with two attached hydrogens (primary N) is 1. The van der Waals surface area contributed by atoms with Crippen molar-refractivity contribution in [3.8, 4) is 0 Å². The molecule has 5 rings (SSSR count). The summed E-state index contributed by atoms with van der Waals surface area (Å²) >= 11 is 0. The van der Waals surface area contributed by atoms with E-state index in [0.717, 1.165) is 62.3 Å². The van der Waals surface area contributed by atoms with Crippen LogP contribution < -0.4 is 16.4 Å². The zero-order valence-electron chi connectivity index (χ0n) is 18.1. The molecule has 2 aliphatic rings. The lowest BCUT2D eigenvalue weighted by atomic mass is 9.89. The Hall–Kier alpha value is -3.23. The number of aromatic nitrogens is 3. The van der Waals surface area contributed by atoms with Gasteiger partial charge in [-0.2, -0.15) is 0 Å². The van der Waals surface area contributed by atoms with Crippen molar-refractivity contribution in [2.75, 3.05) is 38.0 Å². The molecule has 1 fully saturated rings. The number of hydrogen-bond donors (Lipinski definition) is 3. The highest BCUT2D eigenvalue weighted by Gasteiger charge is 2.21. The van der Waals surface area contributed by atoms with Crippen molar-refractivity contribution in [1.82, 2.24) is 24.8 Å². The quantitative estimate of drug-likeness (QED) is 0.555. The van der Waals surface area contributed by atoms with Gasteiger partial charge in [-0.3, -0.25) is 9.69 Å². The van der Waals surface area contributed by atoms with E-state index in [0.29, 0.717) is 18.4 Å². The number of benzene rings is 1. The van der Waals surface area contributed by atoms with E-state index in [-0.39, 0.29) is 5.91 Å². The van der Waals surface area contributed by atoms with Crippen molar-refractivity contribution in [2.45, 2.75) is 25.2 Å². The molecule has 0 atom stereocenters. The Bertz CT molecular complexity index is 1130. The molecule has 1 amide bonds. The van der Waals surface area contributed by atoms with Crippen molar-refractivity contribution in [2.24, 2.45) is 5.73 Å². The van der Waals surface area contributed by atoms with Gasteiger partial charge in [0.25, 0.3) is 0 Å². The lowest BCUT2D eigenvalue weighted by Crippen LogP contribution is -2.39. The van der Waals surface area contributed by atoms with Crippen LogP contribution in [0, 0.1) is 0 Å². The molecular formula is C24H29N7O. The van der Waals surface area contributed by atoms with Crippen molar-refractivity contribution in [3.63, 3.8) is 0 Å². The second-order valence-electron chi connectivity index (χ2n) is 8.58. The van der Waals surface area contributed by atoms with Crippen LogP contribution in [0.3, 0.4) is 0 Å². The van der Waals surface area contributed by atoms with Crippen LogP contribution in [0.1, 0.15) is 36.4 Å². The molecule has 1 aromatic carbocycles. The van der Waals surface area contributed by atoms with Gasteiger partial charge in [0.2, 0.25) is 11.9 Å². The van der Waals surface area contributed by atoms with E-state index in [2.05, 4.69) is 63.0 Å². The minimum Gasteiger partial charge on any atom is -0.369 e. The van der Waals surface area contributed by atoms with Crippen LogP contribution in [0.2, 0.25) is 0 Å². The average molecular weight is 432 g/mol. The van der Waals surface area contributed by atoms with Gasteiger partial charge in [-0.1, -0.05) is 18.2 Å². The van der Waals surface area contributed by atoms with Gasteiger partial charge < -0.3 is 16.4 Å². The van der Waals surface area contributed by atoms with Crippen molar-refractivity contribution in [3.05, 3.63) is 59.9 Å². The van der Waals surface area contributed by atoms with E-state index in [1.54, 1.807) is 0 Å². The number of piperidine rings is 1. The van der Waals surface area contributed by atoms with E-state index in [1.165, 1.54) is 11.1 Å². The molecule has 0 saturated carbocycles. The maximum atomic E-state index is 11.1. The van der Waals surface area contributed by atoms with Crippen LogP contribution in [0.25, 0.3) is 11.1 Å². The average Bonchev–Trinajstić information content (AvgIpc) is 3.24. The van der Waals surface area contributed by atoms with Gasteiger partial charge in [-0.05, 0) is 80.2 Å². The van der Waals surface area contributed by atoms with E-state index in [1.807, 2.05) is 10.7 Å². The Kier molecular flexibility index (Phi) is 5.87. The second kappa shape index (κ2) is 9.10. The molecular weight excluding hydrogens is 402 g/mol. The van der Waals surface area contributed by atoms with Crippen molar-refractivity contribution >= 4 is 28.6 Å². The summed E-state index contributed by atoms with van der Waals surface area (Å²) in [6, 6.07) is 12.7. The summed E-state index contributed by atoms with van der Waals surface area (Å²) in [5, 5.41) is 11.4. The third-order valence-electron chi connectivity index (χ3n) is 6.40. The van der Waals surface area contributed by atoms with Crippen LogP contribution >= 0.6 is 0 Å². The fourth-order valence-corrected chi connectivity index (χ4v) is 4.67. The molecule has 2 aliphatic heterocycles. The minimum absolute atomic E-state index is 0.251. The molecule has 3 aromatic rings. The molecule has 0 spiro atoms.